The molecule has 0 aliphatic carbocycles. The Balaban J connectivity index is 2.50. The summed E-state index contributed by atoms with van der Waals surface area (Å²) in [4.78, 5) is 0. The van der Waals surface area contributed by atoms with Crippen molar-refractivity contribution in [2.45, 2.75) is 26.2 Å². The number of aromatic nitrogens is 2. The maximum Gasteiger partial charge on any atom is 0.129 e. The Hall–Kier alpha value is -1.57. The van der Waals surface area contributed by atoms with Crippen molar-refractivity contribution in [3.63, 3.8) is 0 Å². The SMILES string of the molecule is C[Si](C)(C)C#Cc1[nH]nc2ccc(CO)cc12. The second-order valence-corrected chi connectivity index (χ2v) is 9.86. The maximum absolute atomic E-state index is 9.12. The van der Waals surface area contributed by atoms with Gasteiger partial charge in [-0.2, -0.15) is 5.10 Å². The number of hydrogen-bond donors (Lipinski definition) is 2. The second-order valence-electron chi connectivity index (χ2n) is 5.11. The molecule has 17 heavy (non-hydrogen) atoms. The zero-order chi connectivity index (χ0) is 12.5. The number of hydrogen-bond acceptors (Lipinski definition) is 2. The molecule has 3 nitrogen and oxygen atoms in total. The Bertz CT molecular complexity index is 599. The van der Waals surface area contributed by atoms with Crippen molar-refractivity contribution < 1.29 is 5.11 Å². The minimum Gasteiger partial charge on any atom is -0.392 e. The third-order valence-electron chi connectivity index (χ3n) is 2.36. The van der Waals surface area contributed by atoms with E-state index < -0.39 is 8.07 Å². The molecule has 0 bridgehead atoms. The Morgan fingerprint density at radius 2 is 2.12 bits per heavy atom. The van der Waals surface area contributed by atoms with Crippen molar-refractivity contribution in [3.8, 4) is 11.5 Å². The molecule has 0 fully saturated rings. The maximum atomic E-state index is 9.12. The largest absolute Gasteiger partial charge is 0.392 e. The molecule has 0 saturated carbocycles. The highest BCUT2D eigenvalue weighted by Gasteiger charge is 2.09. The van der Waals surface area contributed by atoms with Crippen LogP contribution in [-0.2, 0) is 6.61 Å². The Morgan fingerprint density at radius 1 is 1.35 bits per heavy atom. The van der Waals surface area contributed by atoms with Crippen molar-refractivity contribution >= 4 is 19.0 Å². The number of fused-ring (bicyclic) bond motifs is 1. The van der Waals surface area contributed by atoms with E-state index in [0.29, 0.717) is 0 Å². The van der Waals surface area contributed by atoms with Gasteiger partial charge < -0.3 is 5.11 Å². The van der Waals surface area contributed by atoms with E-state index in [9.17, 15) is 0 Å². The number of aliphatic hydroxyl groups is 1. The minimum atomic E-state index is -1.38. The second kappa shape index (κ2) is 4.36. The highest BCUT2D eigenvalue weighted by molar-refractivity contribution is 6.83. The summed E-state index contributed by atoms with van der Waals surface area (Å²) < 4.78 is 0. The minimum absolute atomic E-state index is 0.0437. The summed E-state index contributed by atoms with van der Waals surface area (Å²) in [5, 5.41) is 17.3. The van der Waals surface area contributed by atoms with Crippen LogP contribution in [-0.4, -0.2) is 23.4 Å². The van der Waals surface area contributed by atoms with Gasteiger partial charge in [-0.25, -0.2) is 0 Å². The van der Waals surface area contributed by atoms with Gasteiger partial charge in [-0.1, -0.05) is 31.6 Å². The van der Waals surface area contributed by atoms with Gasteiger partial charge in [0, 0.05) is 5.39 Å². The van der Waals surface area contributed by atoms with Crippen LogP contribution in [0.1, 0.15) is 11.3 Å². The van der Waals surface area contributed by atoms with Gasteiger partial charge in [0.1, 0.15) is 13.8 Å². The number of benzene rings is 1. The smallest absolute Gasteiger partial charge is 0.129 e. The van der Waals surface area contributed by atoms with E-state index in [-0.39, 0.29) is 6.61 Å². The molecule has 1 aromatic carbocycles. The molecule has 0 atom stereocenters. The van der Waals surface area contributed by atoms with Crippen molar-refractivity contribution in [1.29, 1.82) is 0 Å². The van der Waals surface area contributed by atoms with Crippen LogP contribution in [0.25, 0.3) is 10.9 Å². The first-order valence-corrected chi connectivity index (χ1v) is 9.11. The molecule has 88 valence electrons. The molecule has 0 aliphatic heterocycles. The van der Waals surface area contributed by atoms with Crippen molar-refractivity contribution in [2.75, 3.05) is 0 Å². The fourth-order valence-electron chi connectivity index (χ4n) is 1.50. The van der Waals surface area contributed by atoms with E-state index in [4.69, 9.17) is 5.11 Å². The number of nitrogens with zero attached hydrogens (tertiary/aromatic N) is 1. The number of aromatic amines is 1. The highest BCUT2D eigenvalue weighted by Crippen LogP contribution is 2.17. The summed E-state index contributed by atoms with van der Waals surface area (Å²) in [5.41, 5.74) is 5.93. The molecular formula is C13H16N2OSi. The topological polar surface area (TPSA) is 48.9 Å². The van der Waals surface area contributed by atoms with Crippen LogP contribution in [0.5, 0.6) is 0 Å². The molecule has 2 rings (SSSR count). The summed E-state index contributed by atoms with van der Waals surface area (Å²) in [6.45, 7) is 6.66. The zero-order valence-electron chi connectivity index (χ0n) is 10.3. The van der Waals surface area contributed by atoms with E-state index in [1.807, 2.05) is 18.2 Å². The van der Waals surface area contributed by atoms with Gasteiger partial charge in [0.15, 0.2) is 0 Å². The zero-order valence-corrected chi connectivity index (χ0v) is 11.3. The van der Waals surface area contributed by atoms with E-state index in [0.717, 1.165) is 22.2 Å². The summed E-state index contributed by atoms with van der Waals surface area (Å²) >= 11 is 0. The van der Waals surface area contributed by atoms with E-state index in [2.05, 4.69) is 41.3 Å². The lowest BCUT2D eigenvalue weighted by atomic mass is 10.1. The van der Waals surface area contributed by atoms with Gasteiger partial charge in [-0.15, -0.1) is 5.54 Å². The van der Waals surface area contributed by atoms with E-state index in [1.165, 1.54) is 0 Å². The molecule has 4 heteroatoms. The molecule has 0 unspecified atom stereocenters. The molecule has 2 aromatic rings. The summed E-state index contributed by atoms with van der Waals surface area (Å²) in [6, 6.07) is 5.71. The quantitative estimate of drug-likeness (QED) is 0.597. The van der Waals surface area contributed by atoms with E-state index >= 15 is 0 Å². The van der Waals surface area contributed by atoms with Crippen molar-refractivity contribution in [2.24, 2.45) is 0 Å². The Morgan fingerprint density at radius 3 is 2.76 bits per heavy atom. The fraction of sp³-hybridized carbons (Fsp3) is 0.308. The molecule has 2 N–H and O–H groups in total. The third-order valence-corrected chi connectivity index (χ3v) is 3.24. The van der Waals surface area contributed by atoms with Crippen molar-refractivity contribution in [1.82, 2.24) is 10.2 Å². The van der Waals surface area contributed by atoms with Gasteiger partial charge in [0.05, 0.1) is 12.1 Å². The van der Waals surface area contributed by atoms with Crippen LogP contribution in [0.4, 0.5) is 0 Å². The molecule has 1 aromatic heterocycles. The predicted molar refractivity (Wildman–Crippen MR) is 72.2 cm³/mol. The average molecular weight is 244 g/mol. The number of H-pyrrole nitrogens is 1. The normalized spacial score (nSPS) is 11.3. The summed E-state index contributed by atoms with van der Waals surface area (Å²) in [7, 11) is -1.38. The molecular weight excluding hydrogens is 228 g/mol. The van der Waals surface area contributed by atoms with Crippen LogP contribution in [0.15, 0.2) is 18.2 Å². The number of rotatable bonds is 1. The predicted octanol–water partition coefficient (Wildman–Crippen LogP) is 2.28. The summed E-state index contributed by atoms with van der Waals surface area (Å²) in [6.07, 6.45) is 0. The van der Waals surface area contributed by atoms with E-state index in [1.54, 1.807) is 0 Å². The Kier molecular flexibility index (Phi) is 3.05. The molecule has 0 amide bonds. The monoisotopic (exact) mass is 244 g/mol. The Labute approximate surface area is 102 Å². The van der Waals surface area contributed by atoms with Crippen LogP contribution in [0.2, 0.25) is 19.6 Å². The first-order chi connectivity index (χ1) is 7.99. The number of aliphatic hydroxyl groups excluding tert-OH is 1. The van der Waals surface area contributed by atoms with Crippen molar-refractivity contribution in [3.05, 3.63) is 29.5 Å². The molecule has 0 spiro atoms. The molecule has 0 radical (unpaired) electrons. The van der Waals surface area contributed by atoms with Crippen LogP contribution in [0.3, 0.4) is 0 Å². The highest BCUT2D eigenvalue weighted by atomic mass is 28.3. The lowest BCUT2D eigenvalue weighted by molar-refractivity contribution is 0.282. The van der Waals surface area contributed by atoms with Crippen LogP contribution >= 0.6 is 0 Å². The number of nitrogens with one attached hydrogen (secondary N) is 1. The van der Waals surface area contributed by atoms with Gasteiger partial charge in [-0.05, 0) is 17.7 Å². The van der Waals surface area contributed by atoms with Crippen LogP contribution in [0, 0.1) is 11.5 Å². The van der Waals surface area contributed by atoms with Crippen LogP contribution < -0.4 is 0 Å². The molecule has 1 heterocycles. The first-order valence-electron chi connectivity index (χ1n) is 5.61. The molecule has 0 saturated heterocycles. The fourth-order valence-corrected chi connectivity index (χ4v) is 2.00. The standard InChI is InChI=1S/C13H16N2OSi/c1-17(2,3)7-6-13-11-8-10(9-16)4-5-12(11)14-15-13/h4-5,8,16H,9H2,1-3H3,(H,14,15). The van der Waals surface area contributed by atoms with Gasteiger partial charge >= 0.3 is 0 Å². The molecule has 0 aliphatic rings. The lowest BCUT2D eigenvalue weighted by Gasteiger charge is -2.02. The van der Waals surface area contributed by atoms with Gasteiger partial charge in [0.2, 0.25) is 0 Å². The third kappa shape index (κ3) is 2.76. The average Bonchev–Trinajstić information content (AvgIpc) is 2.67. The van der Waals surface area contributed by atoms with Gasteiger partial charge in [-0.3, -0.25) is 5.10 Å². The first kappa shape index (κ1) is 11.9. The van der Waals surface area contributed by atoms with Gasteiger partial charge in [0.25, 0.3) is 0 Å². The summed E-state index contributed by atoms with van der Waals surface area (Å²) in [5.74, 6) is 3.17. The lowest BCUT2D eigenvalue weighted by Crippen LogP contribution is -2.16.